The summed E-state index contributed by atoms with van der Waals surface area (Å²) >= 11 is 5.52. The van der Waals surface area contributed by atoms with Gasteiger partial charge in [-0.1, -0.05) is 22.9 Å². The first-order chi connectivity index (χ1) is 9.19. The number of thioether (sulfide) groups is 1. The van der Waals surface area contributed by atoms with Crippen LogP contribution in [-0.2, 0) is 6.42 Å². The van der Waals surface area contributed by atoms with Crippen molar-refractivity contribution in [1.82, 2.24) is 5.32 Å². The highest BCUT2D eigenvalue weighted by Gasteiger charge is 2.22. The summed E-state index contributed by atoms with van der Waals surface area (Å²) in [6.07, 6.45) is 2.52. The van der Waals surface area contributed by atoms with Gasteiger partial charge in [-0.25, -0.2) is 0 Å². The Kier molecular flexibility index (Phi) is 6.05. The molecule has 1 aliphatic heterocycles. The highest BCUT2D eigenvalue weighted by Crippen LogP contribution is 2.30. The fourth-order valence-corrected chi connectivity index (χ4v) is 3.46. The van der Waals surface area contributed by atoms with Crippen LogP contribution in [0, 0.1) is 0 Å². The molecule has 1 heterocycles. The van der Waals surface area contributed by atoms with E-state index in [1.54, 1.807) is 0 Å². The molecule has 0 bridgehead atoms. The average Bonchev–Trinajstić information content (AvgIpc) is 2.78. The van der Waals surface area contributed by atoms with Gasteiger partial charge in [0.15, 0.2) is 0 Å². The highest BCUT2D eigenvalue weighted by atomic mass is 79.9. The number of ether oxygens (including phenoxy) is 1. The number of halogens is 1. The van der Waals surface area contributed by atoms with Crippen molar-refractivity contribution in [3.05, 3.63) is 28.2 Å². The van der Waals surface area contributed by atoms with E-state index in [1.165, 1.54) is 23.5 Å². The summed E-state index contributed by atoms with van der Waals surface area (Å²) in [5.41, 5.74) is 1.32. The van der Waals surface area contributed by atoms with Crippen LogP contribution in [0.25, 0.3) is 0 Å². The Morgan fingerprint density at radius 3 is 3.16 bits per heavy atom. The molecule has 0 aliphatic carbocycles. The molecule has 0 fully saturated rings. The largest absolute Gasteiger partial charge is 0.488 e. The fraction of sp³-hybridized carbons (Fsp3) is 0.600. The summed E-state index contributed by atoms with van der Waals surface area (Å²) < 4.78 is 7.08. The molecule has 1 N–H and O–H groups in total. The molecule has 19 heavy (non-hydrogen) atoms. The Labute approximate surface area is 128 Å². The molecule has 0 saturated carbocycles. The van der Waals surface area contributed by atoms with Gasteiger partial charge in [0, 0.05) is 23.5 Å². The van der Waals surface area contributed by atoms with Gasteiger partial charge in [-0.3, -0.25) is 0 Å². The first kappa shape index (κ1) is 15.2. The second-order valence-corrected chi connectivity index (χ2v) is 7.30. The third kappa shape index (κ3) is 4.69. The van der Waals surface area contributed by atoms with Crippen LogP contribution >= 0.6 is 27.7 Å². The standard InChI is InChI=1S/C15H22BrNOS/c1-3-19-7-6-11(2)17-10-14-9-12-8-13(16)4-5-15(12)18-14/h4-5,8,11,14,17H,3,6-7,9-10H2,1-2H3. The lowest BCUT2D eigenvalue weighted by Gasteiger charge is -2.17. The molecule has 2 rings (SSSR count). The van der Waals surface area contributed by atoms with Crippen molar-refractivity contribution in [1.29, 1.82) is 0 Å². The minimum Gasteiger partial charge on any atom is -0.488 e. The van der Waals surface area contributed by atoms with Crippen LogP contribution in [0.3, 0.4) is 0 Å². The van der Waals surface area contributed by atoms with Crippen LogP contribution < -0.4 is 10.1 Å². The maximum atomic E-state index is 5.95. The van der Waals surface area contributed by atoms with Crippen molar-refractivity contribution in [2.75, 3.05) is 18.1 Å². The van der Waals surface area contributed by atoms with Crippen molar-refractivity contribution < 1.29 is 4.74 Å². The minimum absolute atomic E-state index is 0.283. The zero-order chi connectivity index (χ0) is 13.7. The third-order valence-electron chi connectivity index (χ3n) is 3.36. The summed E-state index contributed by atoms with van der Waals surface area (Å²) in [5.74, 6) is 3.50. The zero-order valence-corrected chi connectivity index (χ0v) is 14.0. The van der Waals surface area contributed by atoms with Crippen molar-refractivity contribution >= 4 is 27.7 Å². The maximum absolute atomic E-state index is 5.95. The van der Waals surface area contributed by atoms with Crippen LogP contribution in [0.5, 0.6) is 5.75 Å². The van der Waals surface area contributed by atoms with Crippen LogP contribution in [0.1, 0.15) is 25.8 Å². The normalized spacial score (nSPS) is 19.0. The molecule has 4 heteroatoms. The van der Waals surface area contributed by atoms with Gasteiger partial charge in [-0.2, -0.15) is 11.8 Å². The second kappa shape index (κ2) is 7.55. The summed E-state index contributed by atoms with van der Waals surface area (Å²) in [5, 5.41) is 3.58. The Bertz CT molecular complexity index is 413. The number of benzene rings is 1. The van der Waals surface area contributed by atoms with Gasteiger partial charge in [0.05, 0.1) is 0 Å². The van der Waals surface area contributed by atoms with Gasteiger partial charge in [-0.15, -0.1) is 0 Å². The Balaban J connectivity index is 1.72. The van der Waals surface area contributed by atoms with E-state index in [0.29, 0.717) is 6.04 Å². The van der Waals surface area contributed by atoms with Crippen molar-refractivity contribution in [3.8, 4) is 5.75 Å². The van der Waals surface area contributed by atoms with E-state index in [2.05, 4.69) is 47.2 Å². The topological polar surface area (TPSA) is 21.3 Å². The molecular formula is C15H22BrNOS. The van der Waals surface area contributed by atoms with Gasteiger partial charge in [0.2, 0.25) is 0 Å². The first-order valence-corrected chi connectivity index (χ1v) is 8.90. The third-order valence-corrected chi connectivity index (χ3v) is 4.78. The van der Waals surface area contributed by atoms with Crippen molar-refractivity contribution in [2.24, 2.45) is 0 Å². The molecule has 0 amide bonds. The van der Waals surface area contributed by atoms with Gasteiger partial charge < -0.3 is 10.1 Å². The van der Waals surface area contributed by atoms with E-state index >= 15 is 0 Å². The predicted octanol–water partition coefficient (Wildman–Crippen LogP) is 3.87. The molecule has 2 unspecified atom stereocenters. The highest BCUT2D eigenvalue weighted by molar-refractivity contribution is 9.10. The second-order valence-electron chi connectivity index (χ2n) is 4.99. The zero-order valence-electron chi connectivity index (χ0n) is 11.6. The molecule has 0 saturated heterocycles. The molecule has 106 valence electrons. The number of hydrogen-bond acceptors (Lipinski definition) is 3. The number of fused-ring (bicyclic) bond motifs is 1. The first-order valence-electron chi connectivity index (χ1n) is 6.95. The maximum Gasteiger partial charge on any atom is 0.123 e. The number of rotatable bonds is 7. The van der Waals surface area contributed by atoms with Gasteiger partial charge >= 0.3 is 0 Å². The molecule has 1 aromatic carbocycles. The quantitative estimate of drug-likeness (QED) is 0.759. The Morgan fingerprint density at radius 1 is 1.53 bits per heavy atom. The van der Waals surface area contributed by atoms with E-state index < -0.39 is 0 Å². The van der Waals surface area contributed by atoms with Gasteiger partial charge in [0.25, 0.3) is 0 Å². The molecule has 1 aliphatic rings. The van der Waals surface area contributed by atoms with E-state index in [0.717, 1.165) is 23.2 Å². The number of nitrogens with one attached hydrogen (secondary N) is 1. The average molecular weight is 344 g/mol. The monoisotopic (exact) mass is 343 g/mol. The summed E-state index contributed by atoms with van der Waals surface area (Å²) in [7, 11) is 0. The molecule has 0 aromatic heterocycles. The van der Waals surface area contributed by atoms with Crippen molar-refractivity contribution in [3.63, 3.8) is 0 Å². The Hall–Kier alpha value is -0.190. The van der Waals surface area contributed by atoms with E-state index in [9.17, 15) is 0 Å². The van der Waals surface area contributed by atoms with Crippen LogP contribution in [0.4, 0.5) is 0 Å². The lowest BCUT2D eigenvalue weighted by Crippen LogP contribution is -2.36. The summed E-state index contributed by atoms with van der Waals surface area (Å²) in [6, 6.07) is 6.83. The Morgan fingerprint density at radius 2 is 2.37 bits per heavy atom. The molecular weight excluding hydrogens is 322 g/mol. The van der Waals surface area contributed by atoms with E-state index in [4.69, 9.17) is 4.74 Å². The number of hydrogen-bond donors (Lipinski definition) is 1. The molecule has 2 atom stereocenters. The summed E-state index contributed by atoms with van der Waals surface area (Å²) in [6.45, 7) is 5.41. The fourth-order valence-electron chi connectivity index (χ4n) is 2.24. The van der Waals surface area contributed by atoms with E-state index in [-0.39, 0.29) is 6.10 Å². The van der Waals surface area contributed by atoms with Crippen LogP contribution in [-0.4, -0.2) is 30.2 Å². The van der Waals surface area contributed by atoms with E-state index in [1.807, 2.05) is 17.8 Å². The smallest absolute Gasteiger partial charge is 0.123 e. The van der Waals surface area contributed by atoms with Gasteiger partial charge in [-0.05, 0) is 48.6 Å². The SMILES string of the molecule is CCSCCC(C)NCC1Cc2cc(Br)ccc2O1. The van der Waals surface area contributed by atoms with Crippen molar-refractivity contribution in [2.45, 2.75) is 38.8 Å². The predicted molar refractivity (Wildman–Crippen MR) is 87.3 cm³/mol. The molecule has 2 nitrogen and oxygen atoms in total. The lowest BCUT2D eigenvalue weighted by atomic mass is 10.1. The molecule has 0 spiro atoms. The van der Waals surface area contributed by atoms with Crippen LogP contribution in [0.2, 0.25) is 0 Å². The minimum atomic E-state index is 0.283. The van der Waals surface area contributed by atoms with Crippen LogP contribution in [0.15, 0.2) is 22.7 Å². The van der Waals surface area contributed by atoms with Gasteiger partial charge in [0.1, 0.15) is 11.9 Å². The lowest BCUT2D eigenvalue weighted by molar-refractivity contribution is 0.222. The summed E-state index contributed by atoms with van der Waals surface area (Å²) in [4.78, 5) is 0. The molecule has 0 radical (unpaired) electrons. The molecule has 1 aromatic rings.